The van der Waals surface area contributed by atoms with E-state index in [4.69, 9.17) is 4.74 Å². The van der Waals surface area contributed by atoms with Gasteiger partial charge in [-0.1, -0.05) is 31.2 Å². The van der Waals surface area contributed by atoms with E-state index in [9.17, 15) is 22.8 Å². The van der Waals surface area contributed by atoms with Gasteiger partial charge < -0.3 is 10.1 Å². The zero-order valence-corrected chi connectivity index (χ0v) is 17.6. The fourth-order valence-corrected chi connectivity index (χ4v) is 3.44. The number of hydrogen-bond acceptors (Lipinski definition) is 4. The molecule has 8 heteroatoms. The van der Waals surface area contributed by atoms with Crippen LogP contribution in [-0.4, -0.2) is 18.4 Å². The van der Waals surface area contributed by atoms with Crippen LogP contribution in [0.5, 0.6) is 5.75 Å². The summed E-state index contributed by atoms with van der Waals surface area (Å²) < 4.78 is 46.3. The van der Waals surface area contributed by atoms with Gasteiger partial charge in [-0.15, -0.1) is 0 Å². The van der Waals surface area contributed by atoms with Gasteiger partial charge in [-0.05, 0) is 48.4 Å². The lowest BCUT2D eigenvalue weighted by atomic mass is 10.0. The number of halogens is 3. The van der Waals surface area contributed by atoms with Gasteiger partial charge in [-0.2, -0.15) is 0 Å². The minimum absolute atomic E-state index is 0.0324. The van der Waals surface area contributed by atoms with E-state index in [0.717, 1.165) is 35.6 Å². The maximum absolute atomic E-state index is 13.8. The molecule has 168 valence electrons. The highest BCUT2D eigenvalue weighted by atomic mass is 19.2. The number of benzene rings is 3. The number of imide groups is 1. The summed E-state index contributed by atoms with van der Waals surface area (Å²) in [5.74, 6) is -3.71. The molecule has 1 aliphatic rings. The monoisotopic (exact) mass is 452 g/mol. The minimum atomic E-state index is -1.11. The normalized spacial score (nSPS) is 13.6. The van der Waals surface area contributed by atoms with Gasteiger partial charge in [0, 0.05) is 11.8 Å². The third-order valence-corrected chi connectivity index (χ3v) is 4.97. The van der Waals surface area contributed by atoms with Gasteiger partial charge in [0.2, 0.25) is 0 Å². The molecule has 0 spiro atoms. The standard InChI is InChI=1S/C25H19F3N2O3/c1-2-13-33-21-6-4-3-5-20(21)30-24(31)22(15-7-9-16(26)10-8-15)23(25(30)32)29-17-11-12-18(27)19(28)14-17/h3-12,14,29H,2,13H2,1H3. The van der Waals surface area contributed by atoms with Crippen LogP contribution in [0, 0.1) is 17.5 Å². The van der Waals surface area contributed by atoms with E-state index in [0.29, 0.717) is 12.4 Å². The molecule has 5 nitrogen and oxygen atoms in total. The molecule has 0 saturated heterocycles. The van der Waals surface area contributed by atoms with Crippen LogP contribution in [-0.2, 0) is 9.59 Å². The smallest absolute Gasteiger partial charge is 0.282 e. The Kier molecular flexibility index (Phi) is 6.17. The molecule has 1 N–H and O–H groups in total. The molecular formula is C25H19F3N2O3. The number of nitrogens with one attached hydrogen (secondary N) is 1. The molecule has 0 bridgehead atoms. The first kappa shape index (κ1) is 22.1. The van der Waals surface area contributed by atoms with Crippen molar-refractivity contribution in [1.82, 2.24) is 0 Å². The number of carbonyl (C=O) groups is 2. The number of anilines is 2. The van der Waals surface area contributed by atoms with Crippen molar-refractivity contribution in [2.45, 2.75) is 13.3 Å². The second-order valence-electron chi connectivity index (χ2n) is 7.27. The van der Waals surface area contributed by atoms with Gasteiger partial charge in [0.25, 0.3) is 11.8 Å². The Morgan fingerprint density at radius 2 is 1.61 bits per heavy atom. The Morgan fingerprint density at radius 1 is 0.879 bits per heavy atom. The molecule has 1 heterocycles. The highest BCUT2D eigenvalue weighted by molar-refractivity contribution is 6.46. The summed E-state index contributed by atoms with van der Waals surface area (Å²) in [4.78, 5) is 27.9. The number of rotatable bonds is 7. The Hall–Kier alpha value is -4.07. The molecule has 0 unspecified atom stereocenters. The highest BCUT2D eigenvalue weighted by Crippen LogP contribution is 2.38. The van der Waals surface area contributed by atoms with Crippen molar-refractivity contribution >= 4 is 28.8 Å². The van der Waals surface area contributed by atoms with Crippen LogP contribution < -0.4 is 15.0 Å². The predicted octanol–water partition coefficient (Wildman–Crippen LogP) is 5.29. The maximum Gasteiger partial charge on any atom is 0.282 e. The van der Waals surface area contributed by atoms with Crippen molar-refractivity contribution in [3.63, 3.8) is 0 Å². The Bertz CT molecular complexity index is 1260. The van der Waals surface area contributed by atoms with Crippen molar-refractivity contribution in [3.8, 4) is 5.75 Å². The highest BCUT2D eigenvalue weighted by Gasteiger charge is 2.41. The Labute approximate surface area is 188 Å². The molecule has 0 atom stereocenters. The minimum Gasteiger partial charge on any atom is -0.491 e. The third kappa shape index (κ3) is 4.32. The zero-order valence-electron chi connectivity index (χ0n) is 17.6. The van der Waals surface area contributed by atoms with Crippen LogP contribution >= 0.6 is 0 Å². The lowest BCUT2D eigenvalue weighted by Gasteiger charge is -2.19. The molecular weight excluding hydrogens is 433 g/mol. The zero-order chi connectivity index (χ0) is 23.5. The van der Waals surface area contributed by atoms with Crippen molar-refractivity contribution in [3.05, 3.63) is 95.4 Å². The van der Waals surface area contributed by atoms with Crippen LogP contribution in [0.2, 0.25) is 0 Å². The maximum atomic E-state index is 13.8. The summed E-state index contributed by atoms with van der Waals surface area (Å²) in [5.41, 5.74) is 0.414. The number of hydrogen-bond donors (Lipinski definition) is 1. The summed E-state index contributed by atoms with van der Waals surface area (Å²) in [6, 6.07) is 14.7. The largest absolute Gasteiger partial charge is 0.491 e. The average Bonchev–Trinajstić information content (AvgIpc) is 3.05. The first-order chi connectivity index (χ1) is 15.9. The summed E-state index contributed by atoms with van der Waals surface area (Å²) in [7, 11) is 0. The number of carbonyl (C=O) groups excluding carboxylic acids is 2. The van der Waals surface area contributed by atoms with Crippen LogP contribution in [0.25, 0.3) is 5.57 Å². The van der Waals surface area contributed by atoms with E-state index in [1.165, 1.54) is 18.2 Å². The average molecular weight is 452 g/mol. The molecule has 0 radical (unpaired) electrons. The molecule has 0 fully saturated rings. The summed E-state index contributed by atoms with van der Waals surface area (Å²) >= 11 is 0. The van der Waals surface area contributed by atoms with Crippen molar-refractivity contribution in [2.24, 2.45) is 0 Å². The van der Waals surface area contributed by atoms with E-state index in [1.807, 2.05) is 6.92 Å². The third-order valence-electron chi connectivity index (χ3n) is 4.97. The van der Waals surface area contributed by atoms with Crippen LogP contribution in [0.1, 0.15) is 18.9 Å². The first-order valence-electron chi connectivity index (χ1n) is 10.2. The van der Waals surface area contributed by atoms with E-state index < -0.39 is 29.3 Å². The second kappa shape index (κ2) is 9.20. The van der Waals surface area contributed by atoms with Crippen molar-refractivity contribution in [2.75, 3.05) is 16.8 Å². The number of nitrogens with zero attached hydrogens (tertiary/aromatic N) is 1. The number of ether oxygens (including phenoxy) is 1. The van der Waals surface area contributed by atoms with Gasteiger partial charge in [0.1, 0.15) is 17.3 Å². The molecule has 0 aromatic heterocycles. The van der Waals surface area contributed by atoms with Gasteiger partial charge in [-0.25, -0.2) is 18.1 Å². The van der Waals surface area contributed by atoms with Gasteiger partial charge >= 0.3 is 0 Å². The molecule has 0 aliphatic carbocycles. The van der Waals surface area contributed by atoms with Gasteiger partial charge in [0.15, 0.2) is 11.6 Å². The Balaban J connectivity index is 1.81. The fraction of sp³-hybridized carbons (Fsp3) is 0.120. The molecule has 1 aliphatic heterocycles. The molecule has 33 heavy (non-hydrogen) atoms. The lowest BCUT2D eigenvalue weighted by Crippen LogP contribution is -2.32. The summed E-state index contributed by atoms with van der Waals surface area (Å²) in [5, 5.41) is 2.74. The Morgan fingerprint density at radius 3 is 2.30 bits per heavy atom. The van der Waals surface area contributed by atoms with Crippen LogP contribution in [0.4, 0.5) is 24.5 Å². The quantitative estimate of drug-likeness (QED) is 0.495. The van der Waals surface area contributed by atoms with E-state index in [1.54, 1.807) is 24.3 Å². The SMILES string of the molecule is CCCOc1ccccc1N1C(=O)C(Nc2ccc(F)c(F)c2)=C(c2ccc(F)cc2)C1=O. The lowest BCUT2D eigenvalue weighted by molar-refractivity contribution is -0.120. The summed E-state index contributed by atoms with van der Waals surface area (Å²) in [6.07, 6.45) is 0.720. The molecule has 2 amide bonds. The second-order valence-corrected chi connectivity index (χ2v) is 7.27. The first-order valence-corrected chi connectivity index (χ1v) is 10.2. The van der Waals surface area contributed by atoms with Gasteiger partial charge in [0.05, 0.1) is 17.9 Å². The van der Waals surface area contributed by atoms with Crippen molar-refractivity contribution in [1.29, 1.82) is 0 Å². The number of amides is 2. The topological polar surface area (TPSA) is 58.6 Å². The van der Waals surface area contributed by atoms with Crippen LogP contribution in [0.15, 0.2) is 72.4 Å². The molecule has 0 saturated carbocycles. The van der Waals surface area contributed by atoms with E-state index in [2.05, 4.69) is 5.32 Å². The predicted molar refractivity (Wildman–Crippen MR) is 118 cm³/mol. The van der Waals surface area contributed by atoms with E-state index in [-0.39, 0.29) is 28.2 Å². The van der Waals surface area contributed by atoms with Crippen molar-refractivity contribution < 1.29 is 27.5 Å². The molecule has 3 aromatic rings. The number of para-hydroxylation sites is 2. The van der Waals surface area contributed by atoms with E-state index >= 15 is 0 Å². The van der Waals surface area contributed by atoms with Gasteiger partial charge in [-0.3, -0.25) is 9.59 Å². The van der Waals surface area contributed by atoms with Crippen LogP contribution in [0.3, 0.4) is 0 Å². The fourth-order valence-electron chi connectivity index (χ4n) is 3.44. The molecule has 3 aromatic carbocycles. The summed E-state index contributed by atoms with van der Waals surface area (Å²) in [6.45, 7) is 2.30. The molecule has 4 rings (SSSR count).